The molecule has 0 aromatic carbocycles. The molecule has 1 aliphatic carbocycles. The molecular weight excluding hydrogens is 172 g/mol. The zero-order valence-electron chi connectivity index (χ0n) is 10.1. The van der Waals surface area contributed by atoms with Crippen molar-refractivity contribution in [2.45, 2.75) is 58.0 Å². The third-order valence-corrected chi connectivity index (χ3v) is 3.68. The summed E-state index contributed by atoms with van der Waals surface area (Å²) in [5.41, 5.74) is 0. The average molecular weight is 198 g/mol. The van der Waals surface area contributed by atoms with Crippen LogP contribution in [0, 0.1) is 0 Å². The molecule has 0 saturated heterocycles. The van der Waals surface area contributed by atoms with Gasteiger partial charge in [0.25, 0.3) is 0 Å². The molecule has 2 atom stereocenters. The van der Waals surface area contributed by atoms with Gasteiger partial charge in [0, 0.05) is 12.1 Å². The van der Waals surface area contributed by atoms with Crippen LogP contribution in [0.4, 0.5) is 0 Å². The van der Waals surface area contributed by atoms with Crippen molar-refractivity contribution in [3.05, 3.63) is 0 Å². The molecule has 1 saturated carbocycles. The Bertz CT molecular complexity index is 143. The maximum Gasteiger partial charge on any atom is 0.00956 e. The Morgan fingerprint density at radius 1 is 1.07 bits per heavy atom. The van der Waals surface area contributed by atoms with E-state index in [0.29, 0.717) is 0 Å². The van der Waals surface area contributed by atoms with Crippen molar-refractivity contribution >= 4 is 0 Å². The predicted octanol–water partition coefficient (Wildman–Crippen LogP) is 2.25. The predicted molar refractivity (Wildman–Crippen MR) is 62.6 cm³/mol. The highest BCUT2D eigenvalue weighted by Crippen LogP contribution is 2.21. The molecule has 2 heteroatoms. The highest BCUT2D eigenvalue weighted by atomic mass is 15.1. The van der Waals surface area contributed by atoms with Crippen molar-refractivity contribution in [3.63, 3.8) is 0 Å². The topological polar surface area (TPSA) is 15.3 Å². The first kappa shape index (κ1) is 12.0. The maximum atomic E-state index is 3.42. The van der Waals surface area contributed by atoms with Crippen molar-refractivity contribution in [2.24, 2.45) is 0 Å². The van der Waals surface area contributed by atoms with Gasteiger partial charge in [-0.3, -0.25) is 0 Å². The Hall–Kier alpha value is -0.0800. The summed E-state index contributed by atoms with van der Waals surface area (Å²) >= 11 is 0. The molecule has 0 aliphatic heterocycles. The minimum absolute atomic E-state index is 0.774. The summed E-state index contributed by atoms with van der Waals surface area (Å²) < 4.78 is 0. The SMILES string of the molecule is CCN(CC)C1CCCC(NC)CC1. The molecule has 84 valence electrons. The first-order chi connectivity index (χ1) is 6.81. The molecule has 1 fully saturated rings. The van der Waals surface area contributed by atoms with Gasteiger partial charge in [-0.15, -0.1) is 0 Å². The van der Waals surface area contributed by atoms with Gasteiger partial charge in [0.2, 0.25) is 0 Å². The fourth-order valence-corrected chi connectivity index (χ4v) is 2.68. The summed E-state index contributed by atoms with van der Waals surface area (Å²) in [5, 5.41) is 3.42. The van der Waals surface area contributed by atoms with Crippen LogP contribution in [-0.2, 0) is 0 Å². The standard InChI is InChI=1S/C12H26N2/c1-4-14(5-2)12-8-6-7-11(13-3)9-10-12/h11-13H,4-10H2,1-3H3. The second kappa shape index (κ2) is 6.41. The lowest BCUT2D eigenvalue weighted by Crippen LogP contribution is -2.35. The van der Waals surface area contributed by atoms with Crippen molar-refractivity contribution in [1.82, 2.24) is 10.2 Å². The second-order valence-corrected chi connectivity index (χ2v) is 4.37. The molecule has 0 aromatic rings. The van der Waals surface area contributed by atoms with Crippen LogP contribution in [0.1, 0.15) is 46.0 Å². The normalized spacial score (nSPS) is 29.1. The Morgan fingerprint density at radius 3 is 2.36 bits per heavy atom. The van der Waals surface area contributed by atoms with Gasteiger partial charge in [-0.2, -0.15) is 0 Å². The number of nitrogens with zero attached hydrogens (tertiary/aromatic N) is 1. The van der Waals surface area contributed by atoms with E-state index in [1.165, 1.54) is 45.2 Å². The zero-order valence-corrected chi connectivity index (χ0v) is 10.1. The molecule has 0 heterocycles. The summed E-state index contributed by atoms with van der Waals surface area (Å²) in [6, 6.07) is 1.62. The van der Waals surface area contributed by atoms with Gasteiger partial charge >= 0.3 is 0 Å². The third kappa shape index (κ3) is 3.25. The van der Waals surface area contributed by atoms with Gasteiger partial charge < -0.3 is 10.2 Å². The Labute approximate surface area is 89.1 Å². The van der Waals surface area contributed by atoms with Crippen LogP contribution in [0.15, 0.2) is 0 Å². The lowest BCUT2D eigenvalue weighted by atomic mass is 10.1. The lowest BCUT2D eigenvalue weighted by molar-refractivity contribution is 0.197. The maximum absolute atomic E-state index is 3.42. The van der Waals surface area contributed by atoms with Crippen molar-refractivity contribution in [1.29, 1.82) is 0 Å². The van der Waals surface area contributed by atoms with Crippen LogP contribution in [0.2, 0.25) is 0 Å². The van der Waals surface area contributed by atoms with Crippen LogP contribution in [0.3, 0.4) is 0 Å². The van der Waals surface area contributed by atoms with E-state index in [4.69, 9.17) is 0 Å². The van der Waals surface area contributed by atoms with Gasteiger partial charge in [-0.05, 0) is 45.8 Å². The molecule has 0 radical (unpaired) electrons. The number of nitrogens with one attached hydrogen (secondary N) is 1. The Kier molecular flexibility index (Phi) is 5.49. The van der Waals surface area contributed by atoms with Gasteiger partial charge in [0.05, 0.1) is 0 Å². The van der Waals surface area contributed by atoms with Crippen LogP contribution in [0.5, 0.6) is 0 Å². The van der Waals surface area contributed by atoms with Gasteiger partial charge in [-0.1, -0.05) is 20.3 Å². The Balaban J connectivity index is 2.40. The first-order valence-corrected chi connectivity index (χ1v) is 6.23. The summed E-state index contributed by atoms with van der Waals surface area (Å²) in [6.07, 6.45) is 6.91. The molecule has 0 bridgehead atoms. The smallest absolute Gasteiger partial charge is 0.00956 e. The van der Waals surface area contributed by atoms with Crippen LogP contribution >= 0.6 is 0 Å². The second-order valence-electron chi connectivity index (χ2n) is 4.37. The number of hydrogen-bond donors (Lipinski definition) is 1. The van der Waals surface area contributed by atoms with E-state index in [-0.39, 0.29) is 0 Å². The highest BCUT2D eigenvalue weighted by molar-refractivity contribution is 4.78. The fraction of sp³-hybridized carbons (Fsp3) is 1.00. The number of hydrogen-bond acceptors (Lipinski definition) is 2. The van der Waals surface area contributed by atoms with Crippen LogP contribution < -0.4 is 5.32 Å². The molecule has 0 spiro atoms. The molecule has 1 rings (SSSR count). The molecule has 2 nitrogen and oxygen atoms in total. The van der Waals surface area contributed by atoms with Gasteiger partial charge in [0.1, 0.15) is 0 Å². The highest BCUT2D eigenvalue weighted by Gasteiger charge is 2.20. The zero-order chi connectivity index (χ0) is 10.4. The molecule has 2 unspecified atom stereocenters. The molecule has 0 amide bonds. The summed E-state index contributed by atoms with van der Waals surface area (Å²) in [5.74, 6) is 0. The lowest BCUT2D eigenvalue weighted by Gasteiger charge is -2.28. The largest absolute Gasteiger partial charge is 0.317 e. The van der Waals surface area contributed by atoms with Gasteiger partial charge in [0.15, 0.2) is 0 Å². The van der Waals surface area contributed by atoms with Crippen molar-refractivity contribution in [3.8, 4) is 0 Å². The molecule has 1 aliphatic rings. The molecule has 0 aromatic heterocycles. The summed E-state index contributed by atoms with van der Waals surface area (Å²) in [6.45, 7) is 6.99. The third-order valence-electron chi connectivity index (χ3n) is 3.68. The van der Waals surface area contributed by atoms with E-state index in [9.17, 15) is 0 Å². The first-order valence-electron chi connectivity index (χ1n) is 6.23. The minimum Gasteiger partial charge on any atom is -0.317 e. The van der Waals surface area contributed by atoms with Crippen molar-refractivity contribution < 1.29 is 0 Å². The van der Waals surface area contributed by atoms with E-state index in [2.05, 4.69) is 31.1 Å². The fourth-order valence-electron chi connectivity index (χ4n) is 2.68. The van der Waals surface area contributed by atoms with Crippen LogP contribution in [-0.4, -0.2) is 37.1 Å². The van der Waals surface area contributed by atoms with Crippen LogP contribution in [0.25, 0.3) is 0 Å². The van der Waals surface area contributed by atoms with Crippen molar-refractivity contribution in [2.75, 3.05) is 20.1 Å². The molecular formula is C12H26N2. The van der Waals surface area contributed by atoms with Gasteiger partial charge in [-0.25, -0.2) is 0 Å². The summed E-state index contributed by atoms with van der Waals surface area (Å²) in [4.78, 5) is 2.62. The van der Waals surface area contributed by atoms with E-state index in [1.54, 1.807) is 0 Å². The average Bonchev–Trinajstić information content (AvgIpc) is 2.45. The Morgan fingerprint density at radius 2 is 1.79 bits per heavy atom. The minimum atomic E-state index is 0.774. The van der Waals surface area contributed by atoms with E-state index in [1.807, 2.05) is 0 Å². The quantitative estimate of drug-likeness (QED) is 0.697. The summed E-state index contributed by atoms with van der Waals surface area (Å²) in [7, 11) is 2.10. The van der Waals surface area contributed by atoms with E-state index in [0.717, 1.165) is 12.1 Å². The molecule has 1 N–H and O–H groups in total. The van der Waals surface area contributed by atoms with E-state index >= 15 is 0 Å². The van der Waals surface area contributed by atoms with E-state index < -0.39 is 0 Å². The molecule has 14 heavy (non-hydrogen) atoms. The number of rotatable bonds is 4. The monoisotopic (exact) mass is 198 g/mol.